The van der Waals surface area contributed by atoms with Crippen molar-refractivity contribution in [1.82, 2.24) is 9.97 Å². The molecule has 0 saturated heterocycles. The number of ether oxygens (including phenoxy) is 1. The van der Waals surface area contributed by atoms with Crippen LogP contribution in [0.25, 0.3) is 44.2 Å². The molecule has 2 heterocycles. The molecule has 0 fully saturated rings. The fourth-order valence-electron chi connectivity index (χ4n) is 4.17. The number of hydrogen-bond acceptors (Lipinski definition) is 6. The van der Waals surface area contributed by atoms with Crippen molar-refractivity contribution in [3.8, 4) is 39.1 Å². The molecular formula is C26H21N3O6S. The Bertz CT molecular complexity index is 1820. The van der Waals surface area contributed by atoms with Crippen molar-refractivity contribution < 1.29 is 17.6 Å². The predicted molar refractivity (Wildman–Crippen MR) is 139 cm³/mol. The molecule has 0 bridgehead atoms. The van der Waals surface area contributed by atoms with Crippen LogP contribution in [-0.2, 0) is 10.0 Å². The Hall–Kier alpha value is -4.57. The highest BCUT2D eigenvalue weighted by molar-refractivity contribution is 7.92. The van der Waals surface area contributed by atoms with Gasteiger partial charge in [-0.05, 0) is 58.3 Å². The van der Waals surface area contributed by atoms with Crippen molar-refractivity contribution >= 4 is 26.5 Å². The molecule has 9 nitrogen and oxygen atoms in total. The predicted octanol–water partition coefficient (Wildman–Crippen LogP) is 4.19. The zero-order valence-corrected chi connectivity index (χ0v) is 20.1. The smallest absolute Gasteiger partial charge is 0.325 e. The topological polar surface area (TPSA) is 134 Å². The Morgan fingerprint density at radius 1 is 0.861 bits per heavy atom. The van der Waals surface area contributed by atoms with Crippen LogP contribution in [0.5, 0.6) is 5.75 Å². The summed E-state index contributed by atoms with van der Waals surface area (Å²) in [4.78, 5) is 28.9. The summed E-state index contributed by atoms with van der Waals surface area (Å²) in [6.45, 7) is 0. The Labute approximate surface area is 205 Å². The molecule has 2 aromatic heterocycles. The minimum Gasteiger partial charge on any atom is -0.495 e. The summed E-state index contributed by atoms with van der Waals surface area (Å²) in [7, 11) is -1.83. The molecule has 0 unspecified atom stereocenters. The molecule has 182 valence electrons. The number of aromatic nitrogens is 2. The van der Waals surface area contributed by atoms with E-state index < -0.39 is 21.3 Å². The average Bonchev–Trinajstić information content (AvgIpc) is 3.37. The van der Waals surface area contributed by atoms with Crippen LogP contribution in [0.15, 0.2) is 87.3 Å². The first kappa shape index (κ1) is 23.2. The molecule has 36 heavy (non-hydrogen) atoms. The van der Waals surface area contributed by atoms with E-state index >= 15 is 0 Å². The number of furan rings is 1. The van der Waals surface area contributed by atoms with Gasteiger partial charge in [-0.15, -0.1) is 0 Å². The number of hydrogen-bond donors (Lipinski definition) is 3. The number of H-pyrrole nitrogens is 2. The number of anilines is 1. The van der Waals surface area contributed by atoms with Crippen molar-refractivity contribution in [2.24, 2.45) is 0 Å². The van der Waals surface area contributed by atoms with Gasteiger partial charge in [-0.25, -0.2) is 13.2 Å². The quantitative estimate of drug-likeness (QED) is 0.318. The van der Waals surface area contributed by atoms with Crippen LogP contribution in [0.2, 0.25) is 0 Å². The van der Waals surface area contributed by atoms with Crippen LogP contribution in [0, 0.1) is 0 Å². The maximum absolute atomic E-state index is 12.6. The number of methoxy groups -OCH3 is 1. The number of sulfonamides is 1. The molecule has 0 amide bonds. The van der Waals surface area contributed by atoms with Crippen molar-refractivity contribution in [2.45, 2.75) is 0 Å². The van der Waals surface area contributed by atoms with Gasteiger partial charge < -0.3 is 14.1 Å². The lowest BCUT2D eigenvalue weighted by Gasteiger charge is -2.16. The van der Waals surface area contributed by atoms with Gasteiger partial charge >= 0.3 is 5.69 Å². The normalized spacial score (nSPS) is 11.5. The summed E-state index contributed by atoms with van der Waals surface area (Å²) < 4.78 is 36.8. The number of benzene rings is 3. The van der Waals surface area contributed by atoms with Crippen LogP contribution >= 0.6 is 0 Å². The van der Waals surface area contributed by atoms with Crippen molar-refractivity contribution in [2.75, 3.05) is 18.1 Å². The molecule has 0 spiro atoms. The Morgan fingerprint density at radius 2 is 1.58 bits per heavy atom. The summed E-state index contributed by atoms with van der Waals surface area (Å²) in [5, 5.41) is 1.72. The van der Waals surface area contributed by atoms with Crippen LogP contribution < -0.4 is 20.7 Å². The summed E-state index contributed by atoms with van der Waals surface area (Å²) in [6.07, 6.45) is 5.61. The highest BCUT2D eigenvalue weighted by Crippen LogP contribution is 2.43. The first-order valence-electron chi connectivity index (χ1n) is 10.8. The maximum Gasteiger partial charge on any atom is 0.325 e. The minimum absolute atomic E-state index is 0.292. The highest BCUT2D eigenvalue weighted by atomic mass is 32.2. The monoisotopic (exact) mass is 503 g/mol. The van der Waals surface area contributed by atoms with Crippen LogP contribution in [0.1, 0.15) is 0 Å². The number of fused-ring (bicyclic) bond motifs is 1. The second kappa shape index (κ2) is 8.90. The third-order valence-electron chi connectivity index (χ3n) is 5.71. The Morgan fingerprint density at radius 3 is 2.25 bits per heavy atom. The second-order valence-corrected chi connectivity index (χ2v) is 10.0. The lowest BCUT2D eigenvalue weighted by atomic mass is 9.92. The number of rotatable bonds is 6. The molecule has 0 saturated carbocycles. The van der Waals surface area contributed by atoms with Gasteiger partial charge in [0, 0.05) is 28.6 Å². The van der Waals surface area contributed by atoms with E-state index in [4.69, 9.17) is 9.15 Å². The lowest BCUT2D eigenvalue weighted by molar-refractivity contribution is 0.418. The van der Waals surface area contributed by atoms with E-state index in [-0.39, 0.29) is 0 Å². The van der Waals surface area contributed by atoms with Crippen LogP contribution in [-0.4, -0.2) is 31.8 Å². The fourth-order valence-corrected chi connectivity index (χ4v) is 4.72. The second-order valence-electron chi connectivity index (χ2n) is 8.25. The zero-order chi connectivity index (χ0) is 25.4. The summed E-state index contributed by atoms with van der Waals surface area (Å²) in [5.74, 6) is 0.579. The largest absolute Gasteiger partial charge is 0.495 e. The van der Waals surface area contributed by atoms with Gasteiger partial charge in [0.25, 0.3) is 5.56 Å². The number of aromatic amines is 2. The van der Waals surface area contributed by atoms with Gasteiger partial charge in [-0.3, -0.25) is 14.5 Å². The van der Waals surface area contributed by atoms with E-state index in [1.165, 1.54) is 6.20 Å². The molecule has 10 heteroatoms. The van der Waals surface area contributed by atoms with E-state index in [1.54, 1.807) is 43.9 Å². The van der Waals surface area contributed by atoms with E-state index in [1.807, 2.05) is 30.3 Å². The molecule has 0 radical (unpaired) electrons. The SMILES string of the molecule is COc1c(-c2ccoc2)cc(-c2c[nH]c(=O)[nH]c2=O)cc1-c1ccc2cc(NS(C)(=O)=O)ccc2c1. The van der Waals surface area contributed by atoms with Gasteiger partial charge in [-0.1, -0.05) is 18.2 Å². The van der Waals surface area contributed by atoms with E-state index in [0.29, 0.717) is 28.1 Å². The minimum atomic E-state index is -3.39. The van der Waals surface area contributed by atoms with Gasteiger partial charge in [0.2, 0.25) is 10.0 Å². The van der Waals surface area contributed by atoms with Crippen LogP contribution in [0.4, 0.5) is 5.69 Å². The Kier molecular flexibility index (Phi) is 5.73. The molecule has 0 atom stereocenters. The van der Waals surface area contributed by atoms with Crippen molar-refractivity contribution in [3.05, 3.63) is 94.2 Å². The van der Waals surface area contributed by atoms with Gasteiger partial charge in [-0.2, -0.15) is 0 Å². The van der Waals surface area contributed by atoms with Crippen molar-refractivity contribution in [1.29, 1.82) is 0 Å². The molecule has 0 aliphatic rings. The molecule has 3 aromatic carbocycles. The van der Waals surface area contributed by atoms with Gasteiger partial charge in [0.05, 0.1) is 31.5 Å². The summed E-state index contributed by atoms with van der Waals surface area (Å²) in [6, 6.07) is 16.4. The third-order valence-corrected chi connectivity index (χ3v) is 6.32. The van der Waals surface area contributed by atoms with Crippen molar-refractivity contribution in [3.63, 3.8) is 0 Å². The molecule has 0 aliphatic heterocycles. The van der Waals surface area contributed by atoms with E-state index in [9.17, 15) is 18.0 Å². The maximum atomic E-state index is 12.6. The lowest BCUT2D eigenvalue weighted by Crippen LogP contribution is -2.22. The molecule has 0 aliphatic carbocycles. The molecular weight excluding hydrogens is 482 g/mol. The first-order chi connectivity index (χ1) is 17.2. The summed E-state index contributed by atoms with van der Waals surface area (Å²) >= 11 is 0. The van der Waals surface area contributed by atoms with Gasteiger partial charge in [0.1, 0.15) is 5.75 Å². The van der Waals surface area contributed by atoms with Gasteiger partial charge in [0.15, 0.2) is 0 Å². The van der Waals surface area contributed by atoms with E-state index in [2.05, 4.69) is 14.7 Å². The van der Waals surface area contributed by atoms with Crippen LogP contribution in [0.3, 0.4) is 0 Å². The fraction of sp³-hybridized carbons (Fsp3) is 0.0769. The average molecular weight is 504 g/mol. The molecule has 5 rings (SSSR count). The standard InChI is InChI=1S/C26H21N3O6S/c1-34-24-21(17-4-3-16-10-20(29-36(2,32)33)6-5-15(16)9-17)11-19(12-22(24)18-7-8-35-14-18)23-13-27-26(31)28-25(23)30/h3-14,29H,1-2H3,(H2,27,28,30,31). The molecule has 5 aromatic rings. The number of nitrogens with one attached hydrogen (secondary N) is 3. The Balaban J connectivity index is 1.72. The summed E-state index contributed by atoms with van der Waals surface area (Å²) in [5.41, 5.74) is 3.23. The zero-order valence-electron chi connectivity index (χ0n) is 19.3. The van der Waals surface area contributed by atoms with E-state index in [0.717, 1.165) is 33.7 Å². The first-order valence-corrected chi connectivity index (χ1v) is 12.7. The molecule has 3 N–H and O–H groups in total. The third kappa shape index (κ3) is 4.53. The highest BCUT2D eigenvalue weighted by Gasteiger charge is 2.18.